The number of benzene rings is 1. The second kappa shape index (κ2) is 9.56. The first-order valence-electron chi connectivity index (χ1n) is 9.85. The molecule has 1 fully saturated rings. The third-order valence-electron chi connectivity index (χ3n) is 5.01. The Morgan fingerprint density at radius 2 is 2.10 bits per heavy atom. The molecule has 0 radical (unpaired) electrons. The molecule has 0 spiro atoms. The lowest BCUT2D eigenvalue weighted by Gasteiger charge is -2.20. The number of carbonyl (C=O) groups excluding carboxylic acids is 1. The number of rotatable bonds is 9. The average Bonchev–Trinajstić information content (AvgIpc) is 3.29. The van der Waals surface area contributed by atoms with Crippen molar-refractivity contribution >= 4 is 49.1 Å². The van der Waals surface area contributed by atoms with Gasteiger partial charge in [0.05, 0.1) is 28.1 Å². The minimum atomic E-state index is -1.16. The van der Waals surface area contributed by atoms with E-state index in [4.69, 9.17) is 32.7 Å². The van der Waals surface area contributed by atoms with Crippen LogP contribution in [0.2, 0.25) is 35.7 Å². The van der Waals surface area contributed by atoms with Crippen LogP contribution in [-0.4, -0.2) is 43.7 Å². The van der Waals surface area contributed by atoms with Crippen LogP contribution in [0.3, 0.4) is 0 Å². The number of halogens is 2. The van der Waals surface area contributed by atoms with Gasteiger partial charge in [-0.05, 0) is 18.2 Å². The van der Waals surface area contributed by atoms with E-state index < -0.39 is 8.07 Å². The number of hydrogen-bond donors (Lipinski definition) is 0. The standard InChI is InChI=1S/C21H27Cl2N3O3Si/c1-5-25-13-16(11-24-25)26-12-15(10-19(26)27)20-18(7-6-17(22)21(20)23)29-14-28-8-9-30(2,3)4/h5-7,11,13,15H,1,8-10,12,14H2,2-4H3/t15-/m0/s1. The van der Waals surface area contributed by atoms with Crippen LogP contribution >= 0.6 is 23.2 Å². The Bertz CT molecular complexity index is 927. The predicted molar refractivity (Wildman–Crippen MR) is 124 cm³/mol. The zero-order chi connectivity index (χ0) is 21.9. The zero-order valence-corrected chi connectivity index (χ0v) is 20.0. The first kappa shape index (κ1) is 22.9. The molecule has 1 aromatic carbocycles. The molecule has 1 atom stereocenters. The lowest BCUT2D eigenvalue weighted by atomic mass is 9.97. The molecule has 1 aliphatic rings. The Labute approximate surface area is 188 Å². The molecule has 0 saturated carbocycles. The van der Waals surface area contributed by atoms with Crippen molar-refractivity contribution in [3.8, 4) is 5.75 Å². The molecular weight excluding hydrogens is 441 g/mol. The van der Waals surface area contributed by atoms with E-state index >= 15 is 0 Å². The molecule has 0 aliphatic carbocycles. The van der Waals surface area contributed by atoms with Crippen LogP contribution in [-0.2, 0) is 9.53 Å². The van der Waals surface area contributed by atoms with Crippen LogP contribution in [0.25, 0.3) is 6.20 Å². The number of anilines is 1. The lowest BCUT2D eigenvalue weighted by Crippen LogP contribution is -2.24. The summed E-state index contributed by atoms with van der Waals surface area (Å²) in [4.78, 5) is 14.4. The van der Waals surface area contributed by atoms with Gasteiger partial charge in [-0.25, -0.2) is 4.68 Å². The summed E-state index contributed by atoms with van der Waals surface area (Å²) >= 11 is 12.8. The van der Waals surface area contributed by atoms with Crippen LogP contribution in [0.15, 0.2) is 31.1 Å². The van der Waals surface area contributed by atoms with Gasteiger partial charge in [0.2, 0.25) is 5.91 Å². The van der Waals surface area contributed by atoms with Gasteiger partial charge in [0.1, 0.15) is 5.75 Å². The van der Waals surface area contributed by atoms with E-state index in [1.807, 2.05) is 0 Å². The summed E-state index contributed by atoms with van der Waals surface area (Å²) < 4.78 is 13.1. The minimum Gasteiger partial charge on any atom is -0.467 e. The van der Waals surface area contributed by atoms with E-state index in [9.17, 15) is 4.79 Å². The van der Waals surface area contributed by atoms with Crippen molar-refractivity contribution in [3.63, 3.8) is 0 Å². The fourth-order valence-electron chi connectivity index (χ4n) is 3.32. The number of nitrogens with zero attached hydrogens (tertiary/aromatic N) is 3. The number of aromatic nitrogens is 2. The average molecular weight is 468 g/mol. The van der Waals surface area contributed by atoms with Gasteiger partial charge in [0, 0.05) is 45.3 Å². The molecule has 0 N–H and O–H groups in total. The highest BCUT2D eigenvalue weighted by Gasteiger charge is 2.35. The highest BCUT2D eigenvalue weighted by molar-refractivity contribution is 6.76. The van der Waals surface area contributed by atoms with Crippen molar-refractivity contribution in [2.45, 2.75) is 38.0 Å². The van der Waals surface area contributed by atoms with Crippen molar-refractivity contribution in [3.05, 3.63) is 46.7 Å². The molecular formula is C21H27Cl2N3O3Si. The van der Waals surface area contributed by atoms with E-state index in [1.165, 1.54) is 0 Å². The van der Waals surface area contributed by atoms with E-state index in [-0.39, 0.29) is 18.6 Å². The van der Waals surface area contributed by atoms with Crippen LogP contribution < -0.4 is 9.64 Å². The molecule has 0 unspecified atom stereocenters. The van der Waals surface area contributed by atoms with Gasteiger partial charge >= 0.3 is 0 Å². The predicted octanol–water partition coefficient (Wildman–Crippen LogP) is 5.50. The molecule has 1 amide bonds. The molecule has 6 nitrogen and oxygen atoms in total. The third-order valence-corrected chi connectivity index (χ3v) is 7.53. The highest BCUT2D eigenvalue weighted by Crippen LogP contribution is 2.43. The number of carbonyl (C=O) groups is 1. The van der Waals surface area contributed by atoms with Crippen LogP contribution in [0.4, 0.5) is 5.69 Å². The largest absolute Gasteiger partial charge is 0.467 e. The van der Waals surface area contributed by atoms with Crippen molar-refractivity contribution in [2.24, 2.45) is 0 Å². The molecule has 162 valence electrons. The smallest absolute Gasteiger partial charge is 0.227 e. The molecule has 9 heteroatoms. The number of hydrogen-bond acceptors (Lipinski definition) is 4. The molecule has 2 heterocycles. The fraction of sp³-hybridized carbons (Fsp3) is 0.429. The van der Waals surface area contributed by atoms with Gasteiger partial charge in [-0.15, -0.1) is 0 Å². The van der Waals surface area contributed by atoms with E-state index in [1.54, 1.807) is 40.3 Å². The summed E-state index contributed by atoms with van der Waals surface area (Å²) in [5.74, 6) is 0.448. The maximum atomic E-state index is 12.7. The Kier molecular flexibility index (Phi) is 7.28. The molecule has 1 aliphatic heterocycles. The summed E-state index contributed by atoms with van der Waals surface area (Å²) in [6.45, 7) is 11.8. The molecule has 3 rings (SSSR count). The Hall–Kier alpha value is -1.80. The first-order chi connectivity index (χ1) is 14.2. The van der Waals surface area contributed by atoms with Gasteiger partial charge in [-0.1, -0.05) is 49.4 Å². The quantitative estimate of drug-likeness (QED) is 0.277. The molecule has 0 bridgehead atoms. The second-order valence-corrected chi connectivity index (χ2v) is 14.9. The molecule has 1 aromatic heterocycles. The van der Waals surface area contributed by atoms with E-state index in [2.05, 4.69) is 31.3 Å². The van der Waals surface area contributed by atoms with Crippen molar-refractivity contribution in [1.82, 2.24) is 9.78 Å². The monoisotopic (exact) mass is 467 g/mol. The third kappa shape index (κ3) is 5.46. The SMILES string of the molecule is C=Cn1cc(N2C[C@@H](c3c(OCOCC[Si](C)(C)C)ccc(Cl)c3Cl)CC2=O)cn1. The van der Waals surface area contributed by atoms with Crippen molar-refractivity contribution < 1.29 is 14.3 Å². The van der Waals surface area contributed by atoms with E-state index in [0.29, 0.717) is 35.4 Å². The Morgan fingerprint density at radius 1 is 1.33 bits per heavy atom. The van der Waals surface area contributed by atoms with Gasteiger partial charge in [-0.2, -0.15) is 5.10 Å². The minimum absolute atomic E-state index is 0.00279. The Morgan fingerprint density at radius 3 is 2.77 bits per heavy atom. The normalized spacial score (nSPS) is 16.9. The van der Waals surface area contributed by atoms with Crippen LogP contribution in [0.1, 0.15) is 17.9 Å². The highest BCUT2D eigenvalue weighted by atomic mass is 35.5. The van der Waals surface area contributed by atoms with Gasteiger partial charge in [0.15, 0.2) is 6.79 Å². The van der Waals surface area contributed by atoms with Gasteiger partial charge in [-0.3, -0.25) is 4.79 Å². The topological polar surface area (TPSA) is 56.6 Å². The molecule has 1 saturated heterocycles. The summed E-state index contributed by atoms with van der Waals surface area (Å²) in [6, 6.07) is 4.55. The maximum Gasteiger partial charge on any atom is 0.227 e. The zero-order valence-electron chi connectivity index (χ0n) is 17.5. The van der Waals surface area contributed by atoms with Crippen molar-refractivity contribution in [2.75, 3.05) is 24.8 Å². The van der Waals surface area contributed by atoms with E-state index in [0.717, 1.165) is 17.3 Å². The molecule has 2 aromatic rings. The first-order valence-corrected chi connectivity index (χ1v) is 14.3. The van der Waals surface area contributed by atoms with Gasteiger partial charge in [0.25, 0.3) is 0 Å². The van der Waals surface area contributed by atoms with Gasteiger partial charge < -0.3 is 14.4 Å². The van der Waals surface area contributed by atoms with Crippen molar-refractivity contribution in [1.29, 1.82) is 0 Å². The second-order valence-electron chi connectivity index (χ2n) is 8.52. The Balaban J connectivity index is 1.73. The van der Waals surface area contributed by atoms with Crippen LogP contribution in [0, 0.1) is 0 Å². The molecule has 30 heavy (non-hydrogen) atoms. The summed E-state index contributed by atoms with van der Waals surface area (Å²) in [5.41, 5.74) is 1.46. The fourth-order valence-corrected chi connectivity index (χ4v) is 4.55. The number of ether oxygens (including phenoxy) is 2. The lowest BCUT2D eigenvalue weighted by molar-refractivity contribution is -0.117. The summed E-state index contributed by atoms with van der Waals surface area (Å²) in [7, 11) is -1.16. The number of amides is 1. The summed E-state index contributed by atoms with van der Waals surface area (Å²) in [5, 5.41) is 5.00. The summed E-state index contributed by atoms with van der Waals surface area (Å²) in [6.07, 6.45) is 5.29. The van der Waals surface area contributed by atoms with Crippen LogP contribution in [0.5, 0.6) is 5.75 Å². The maximum absolute atomic E-state index is 12.7.